The summed E-state index contributed by atoms with van der Waals surface area (Å²) < 4.78 is 74.9. The number of carbonyl (C=O) groups is 2. The van der Waals surface area contributed by atoms with Crippen molar-refractivity contribution in [2.24, 2.45) is 4.99 Å². The number of carbonyl (C=O) groups excluding carboxylic acids is 2. The molecule has 9 nitrogen and oxygen atoms in total. The lowest BCUT2D eigenvalue weighted by Gasteiger charge is -2.35. The molecule has 2 aliphatic rings. The van der Waals surface area contributed by atoms with Crippen molar-refractivity contribution in [3.8, 4) is 0 Å². The summed E-state index contributed by atoms with van der Waals surface area (Å²) >= 11 is 0. The van der Waals surface area contributed by atoms with Crippen LogP contribution in [0.15, 0.2) is 69.8 Å². The van der Waals surface area contributed by atoms with E-state index >= 15 is 0 Å². The van der Waals surface area contributed by atoms with Gasteiger partial charge in [0.25, 0.3) is 11.9 Å². The molecule has 0 unspecified atom stereocenters. The van der Waals surface area contributed by atoms with Crippen LogP contribution in [0, 0.1) is 11.6 Å². The van der Waals surface area contributed by atoms with Crippen LogP contribution in [0.5, 0.6) is 0 Å². The predicted molar refractivity (Wildman–Crippen MR) is 165 cm³/mol. The van der Waals surface area contributed by atoms with Crippen LogP contribution in [0.2, 0.25) is 0 Å². The zero-order chi connectivity index (χ0) is 33.7. The van der Waals surface area contributed by atoms with Crippen molar-refractivity contribution >= 4 is 23.7 Å². The lowest BCUT2D eigenvalue weighted by Crippen LogP contribution is -2.50. The molecule has 0 aliphatic carbocycles. The molecular weight excluding hydrogens is 623 g/mol. The number of alkyl halides is 3. The second-order valence-corrected chi connectivity index (χ2v) is 11.5. The number of allylic oxidation sites excluding steroid dienone is 1. The third kappa shape index (κ3) is 8.16. The quantitative estimate of drug-likeness (QED) is 0.198. The standard InChI is InChI=1S/C33H35F5N6O3/c1-21(20-39-22(2)42-15-17-43(18-16-42)28(45)19-25-26(34)9-6-10-27(25)35)40-31(46)29-30(33(36,37)38)41-32(47-29)44-13-11-24(12-14-44)23-7-4-3-5-8-23/h3-10,20,24H,11-19H2,1-2H3,(H,40,46). The first-order chi connectivity index (χ1) is 22.4. The Morgan fingerprint density at radius 3 is 2.17 bits per heavy atom. The van der Waals surface area contributed by atoms with Gasteiger partial charge in [0.1, 0.15) is 17.5 Å². The summed E-state index contributed by atoms with van der Waals surface area (Å²) in [6.45, 7) is 5.46. The molecule has 3 heterocycles. The predicted octanol–water partition coefficient (Wildman–Crippen LogP) is 5.75. The molecule has 0 bridgehead atoms. The summed E-state index contributed by atoms with van der Waals surface area (Å²) in [6.07, 6.45) is -2.58. The van der Waals surface area contributed by atoms with Gasteiger partial charge in [-0.05, 0) is 50.3 Å². The Hall–Kier alpha value is -4.75. The molecule has 0 atom stereocenters. The normalized spacial score (nSPS) is 16.9. The lowest BCUT2D eigenvalue weighted by atomic mass is 9.90. The van der Waals surface area contributed by atoms with Gasteiger partial charge >= 0.3 is 6.18 Å². The number of amidine groups is 1. The van der Waals surface area contributed by atoms with Crippen molar-refractivity contribution in [3.63, 3.8) is 0 Å². The lowest BCUT2D eigenvalue weighted by molar-refractivity contribution is -0.141. The van der Waals surface area contributed by atoms with Crippen LogP contribution in [-0.2, 0) is 17.4 Å². The number of hydrogen-bond donors (Lipinski definition) is 1. The minimum atomic E-state index is -4.91. The molecule has 250 valence electrons. The van der Waals surface area contributed by atoms with Crippen molar-refractivity contribution < 1.29 is 36.0 Å². The first-order valence-electron chi connectivity index (χ1n) is 15.3. The summed E-state index contributed by atoms with van der Waals surface area (Å²) in [5, 5.41) is 2.40. The average Bonchev–Trinajstić information content (AvgIpc) is 3.53. The Kier molecular flexibility index (Phi) is 10.3. The van der Waals surface area contributed by atoms with Crippen molar-refractivity contribution in [2.75, 3.05) is 44.2 Å². The fourth-order valence-electron chi connectivity index (χ4n) is 5.70. The minimum absolute atomic E-state index is 0.171. The number of piperazine rings is 1. The Balaban J connectivity index is 1.17. The van der Waals surface area contributed by atoms with Gasteiger partial charge in [0.05, 0.1) is 6.42 Å². The van der Waals surface area contributed by atoms with Gasteiger partial charge in [0.2, 0.25) is 11.7 Å². The number of piperidine rings is 1. The maximum Gasteiger partial charge on any atom is 0.437 e. The number of aromatic nitrogens is 1. The molecule has 2 aliphatic heterocycles. The summed E-state index contributed by atoms with van der Waals surface area (Å²) in [7, 11) is 0. The fraction of sp³-hybridized carbons (Fsp3) is 0.394. The van der Waals surface area contributed by atoms with E-state index in [1.807, 2.05) is 35.2 Å². The van der Waals surface area contributed by atoms with Crippen LogP contribution in [0.25, 0.3) is 0 Å². The number of amides is 2. The molecule has 1 aromatic heterocycles. The molecule has 2 fully saturated rings. The maximum atomic E-state index is 14.0. The van der Waals surface area contributed by atoms with Crippen molar-refractivity contribution in [2.45, 2.75) is 45.2 Å². The van der Waals surface area contributed by atoms with Gasteiger partial charge in [-0.25, -0.2) is 13.8 Å². The van der Waals surface area contributed by atoms with Crippen LogP contribution >= 0.6 is 0 Å². The van der Waals surface area contributed by atoms with E-state index in [-0.39, 0.29) is 29.6 Å². The van der Waals surface area contributed by atoms with Crippen molar-refractivity contribution in [1.29, 1.82) is 0 Å². The molecule has 0 radical (unpaired) electrons. The number of hydrogen-bond acceptors (Lipinski definition) is 6. The van der Waals surface area contributed by atoms with Crippen LogP contribution in [0.3, 0.4) is 0 Å². The molecule has 3 aromatic rings. The zero-order valence-electron chi connectivity index (χ0n) is 26.0. The van der Waals surface area contributed by atoms with Gasteiger partial charge < -0.3 is 24.4 Å². The van der Waals surface area contributed by atoms with Gasteiger partial charge in [-0.1, -0.05) is 36.4 Å². The monoisotopic (exact) mass is 658 g/mol. The van der Waals surface area contributed by atoms with E-state index in [1.54, 1.807) is 11.8 Å². The molecule has 5 rings (SSSR count). The topological polar surface area (TPSA) is 94.3 Å². The SMILES string of the molecule is CC(=CN=C(C)N1CCN(C(=O)Cc2c(F)cccc2F)CC1)NC(=O)c1oc(N2CCC(c3ccccc3)CC2)nc1C(F)(F)F. The molecule has 1 N–H and O–H groups in total. The van der Waals surface area contributed by atoms with Crippen LogP contribution in [-0.4, -0.2) is 71.7 Å². The van der Waals surface area contributed by atoms with Gasteiger partial charge in [-0.3, -0.25) is 9.59 Å². The molecule has 2 aromatic carbocycles. The van der Waals surface area contributed by atoms with E-state index < -0.39 is 41.1 Å². The van der Waals surface area contributed by atoms with E-state index in [0.29, 0.717) is 57.9 Å². The third-order valence-electron chi connectivity index (χ3n) is 8.36. The van der Waals surface area contributed by atoms with E-state index in [1.165, 1.54) is 29.7 Å². The minimum Gasteiger partial charge on any atom is -0.417 e. The number of anilines is 1. The van der Waals surface area contributed by atoms with Crippen LogP contribution in [0.1, 0.15) is 60.0 Å². The number of halogens is 5. The Bertz CT molecular complexity index is 1620. The summed E-state index contributed by atoms with van der Waals surface area (Å²) in [5.74, 6) is -3.15. The van der Waals surface area contributed by atoms with E-state index in [9.17, 15) is 31.5 Å². The highest BCUT2D eigenvalue weighted by molar-refractivity contribution is 5.94. The molecule has 2 amide bonds. The van der Waals surface area contributed by atoms with E-state index in [0.717, 1.165) is 12.1 Å². The number of nitrogens with one attached hydrogen (secondary N) is 1. The molecule has 14 heteroatoms. The van der Waals surface area contributed by atoms with Crippen molar-refractivity contribution in [3.05, 3.63) is 94.6 Å². The summed E-state index contributed by atoms with van der Waals surface area (Å²) in [5.41, 5.74) is -0.326. The smallest absolute Gasteiger partial charge is 0.417 e. The molecule has 0 spiro atoms. The number of aliphatic imine (C=N–C) groups is 1. The Morgan fingerprint density at radius 2 is 1.55 bits per heavy atom. The second-order valence-electron chi connectivity index (χ2n) is 11.5. The number of nitrogens with zero attached hydrogens (tertiary/aromatic N) is 5. The molecule has 47 heavy (non-hydrogen) atoms. The highest BCUT2D eigenvalue weighted by Gasteiger charge is 2.42. The van der Waals surface area contributed by atoms with Crippen LogP contribution < -0.4 is 10.2 Å². The average molecular weight is 659 g/mol. The number of benzene rings is 2. The van der Waals surface area contributed by atoms with Crippen molar-refractivity contribution in [1.82, 2.24) is 20.1 Å². The highest BCUT2D eigenvalue weighted by atomic mass is 19.4. The largest absolute Gasteiger partial charge is 0.437 e. The Labute approximate surface area is 268 Å². The van der Waals surface area contributed by atoms with Gasteiger partial charge in [-0.2, -0.15) is 18.2 Å². The third-order valence-corrected chi connectivity index (χ3v) is 8.36. The number of oxazole rings is 1. The summed E-state index contributed by atoms with van der Waals surface area (Å²) in [4.78, 5) is 38.6. The van der Waals surface area contributed by atoms with Gasteiger partial charge in [-0.15, -0.1) is 0 Å². The highest BCUT2D eigenvalue weighted by Crippen LogP contribution is 2.36. The molecule has 0 saturated carbocycles. The first kappa shape index (κ1) is 33.6. The van der Waals surface area contributed by atoms with E-state index in [4.69, 9.17) is 4.42 Å². The van der Waals surface area contributed by atoms with Gasteiger partial charge in [0.15, 0.2) is 5.69 Å². The van der Waals surface area contributed by atoms with E-state index in [2.05, 4.69) is 15.3 Å². The number of rotatable bonds is 7. The fourth-order valence-corrected chi connectivity index (χ4v) is 5.70. The first-order valence-corrected chi connectivity index (χ1v) is 15.3. The molecular formula is C33H35F5N6O3. The van der Waals surface area contributed by atoms with Crippen LogP contribution in [0.4, 0.5) is 28.0 Å². The van der Waals surface area contributed by atoms with Gasteiger partial charge in [0, 0.05) is 56.7 Å². The maximum absolute atomic E-state index is 14.0. The summed E-state index contributed by atoms with van der Waals surface area (Å²) in [6, 6.07) is 13.1. The zero-order valence-corrected chi connectivity index (χ0v) is 26.0. The molecule has 2 saturated heterocycles. The second kappa shape index (κ2) is 14.3. The Morgan fingerprint density at radius 1 is 0.936 bits per heavy atom.